The Kier molecular flexibility index (Phi) is 4.17. The smallest absolute Gasteiger partial charge is 0.273 e. The number of aryl methyl sites for hydroxylation is 1. The summed E-state index contributed by atoms with van der Waals surface area (Å²) in [6.07, 6.45) is 0. The van der Waals surface area contributed by atoms with E-state index in [0.717, 1.165) is 0 Å². The highest BCUT2D eigenvalue weighted by atomic mass is 16.6. The number of anilines is 1. The molecule has 126 valence electrons. The standard InChI is InChI=1S/C17H14N4O4/c1-10-3-2-4-13(16(10)22)14-9-15(20-19-14)17(23)18-11-5-7-12(8-6-11)21(24)25/h2-9,22H,1H3,(H,18,23)(H,19,20). The van der Waals surface area contributed by atoms with Crippen molar-refractivity contribution in [2.45, 2.75) is 6.92 Å². The number of aromatic amines is 1. The van der Waals surface area contributed by atoms with Gasteiger partial charge in [-0.05, 0) is 36.8 Å². The van der Waals surface area contributed by atoms with Crippen LogP contribution < -0.4 is 5.32 Å². The molecule has 0 bridgehead atoms. The third-order valence-electron chi connectivity index (χ3n) is 3.67. The second-order valence-corrected chi connectivity index (χ2v) is 5.40. The second-order valence-electron chi connectivity index (χ2n) is 5.40. The van der Waals surface area contributed by atoms with E-state index in [9.17, 15) is 20.0 Å². The molecule has 1 amide bonds. The first-order valence-corrected chi connectivity index (χ1v) is 7.36. The van der Waals surface area contributed by atoms with Crippen LogP contribution in [0.3, 0.4) is 0 Å². The van der Waals surface area contributed by atoms with Gasteiger partial charge >= 0.3 is 0 Å². The zero-order chi connectivity index (χ0) is 18.0. The molecule has 0 saturated carbocycles. The summed E-state index contributed by atoms with van der Waals surface area (Å²) in [5, 5.41) is 30.0. The highest BCUT2D eigenvalue weighted by molar-refractivity contribution is 6.03. The minimum atomic E-state index is -0.513. The number of nitrogens with zero attached hydrogens (tertiary/aromatic N) is 2. The van der Waals surface area contributed by atoms with Crippen LogP contribution >= 0.6 is 0 Å². The lowest BCUT2D eigenvalue weighted by Crippen LogP contribution is -2.12. The molecule has 1 heterocycles. The van der Waals surface area contributed by atoms with Crippen molar-refractivity contribution in [3.8, 4) is 17.0 Å². The molecule has 0 fully saturated rings. The van der Waals surface area contributed by atoms with E-state index in [1.807, 2.05) is 0 Å². The van der Waals surface area contributed by atoms with E-state index in [0.29, 0.717) is 22.5 Å². The summed E-state index contributed by atoms with van der Waals surface area (Å²) in [6, 6.07) is 12.3. The topological polar surface area (TPSA) is 121 Å². The summed E-state index contributed by atoms with van der Waals surface area (Å²) in [7, 11) is 0. The Morgan fingerprint density at radius 3 is 2.64 bits per heavy atom. The molecule has 0 aliphatic rings. The molecule has 0 aliphatic carbocycles. The van der Waals surface area contributed by atoms with Crippen molar-refractivity contribution in [2.24, 2.45) is 0 Å². The number of aromatic nitrogens is 2. The van der Waals surface area contributed by atoms with Gasteiger partial charge in [0.05, 0.1) is 10.6 Å². The number of phenols is 1. The van der Waals surface area contributed by atoms with Gasteiger partial charge in [0, 0.05) is 23.4 Å². The number of para-hydroxylation sites is 1. The Balaban J connectivity index is 1.79. The number of non-ortho nitro benzene ring substituents is 1. The number of rotatable bonds is 4. The average molecular weight is 338 g/mol. The average Bonchev–Trinajstić information content (AvgIpc) is 3.08. The molecule has 8 heteroatoms. The molecule has 1 aromatic heterocycles. The molecule has 3 N–H and O–H groups in total. The Morgan fingerprint density at radius 1 is 1.24 bits per heavy atom. The van der Waals surface area contributed by atoms with Crippen molar-refractivity contribution in [3.05, 3.63) is 69.9 Å². The van der Waals surface area contributed by atoms with Gasteiger partial charge in [-0.15, -0.1) is 0 Å². The molecule has 25 heavy (non-hydrogen) atoms. The van der Waals surface area contributed by atoms with Crippen LogP contribution in [0.5, 0.6) is 5.75 Å². The van der Waals surface area contributed by atoms with E-state index in [1.165, 1.54) is 30.3 Å². The maximum absolute atomic E-state index is 12.3. The number of aromatic hydroxyl groups is 1. The number of benzene rings is 2. The van der Waals surface area contributed by atoms with Crippen LogP contribution in [-0.4, -0.2) is 26.1 Å². The van der Waals surface area contributed by atoms with E-state index in [-0.39, 0.29) is 17.1 Å². The first kappa shape index (κ1) is 16.2. The normalized spacial score (nSPS) is 10.4. The SMILES string of the molecule is Cc1cccc(-c2cc(C(=O)Nc3ccc([N+](=O)[O-])cc3)[nH]n2)c1O. The number of nitro groups is 1. The molecule has 3 rings (SSSR count). The zero-order valence-corrected chi connectivity index (χ0v) is 13.2. The first-order chi connectivity index (χ1) is 12.0. The Morgan fingerprint density at radius 2 is 1.96 bits per heavy atom. The van der Waals surface area contributed by atoms with E-state index < -0.39 is 10.8 Å². The molecule has 0 aliphatic heterocycles. The molecule has 2 aromatic carbocycles. The number of nitro benzene ring substituents is 1. The maximum atomic E-state index is 12.3. The molecular formula is C17H14N4O4. The summed E-state index contributed by atoms with van der Waals surface area (Å²) in [6.45, 7) is 1.77. The number of phenolic OH excluding ortho intramolecular Hbond substituents is 1. The third-order valence-corrected chi connectivity index (χ3v) is 3.67. The van der Waals surface area contributed by atoms with E-state index >= 15 is 0 Å². The van der Waals surface area contributed by atoms with Gasteiger partial charge in [0.15, 0.2) is 0 Å². The Hall–Kier alpha value is -3.68. The van der Waals surface area contributed by atoms with Gasteiger partial charge in [-0.2, -0.15) is 5.10 Å². The molecule has 3 aromatic rings. The van der Waals surface area contributed by atoms with Gasteiger partial charge in [-0.25, -0.2) is 0 Å². The number of carbonyl (C=O) groups excluding carboxylic acids is 1. The lowest BCUT2D eigenvalue weighted by atomic mass is 10.1. The van der Waals surface area contributed by atoms with Gasteiger partial charge in [0.1, 0.15) is 11.4 Å². The van der Waals surface area contributed by atoms with Crippen molar-refractivity contribution < 1.29 is 14.8 Å². The van der Waals surface area contributed by atoms with Gasteiger partial charge in [0.2, 0.25) is 0 Å². The van der Waals surface area contributed by atoms with Crippen molar-refractivity contribution in [1.29, 1.82) is 0 Å². The van der Waals surface area contributed by atoms with Crippen LogP contribution in [0.1, 0.15) is 16.1 Å². The predicted molar refractivity (Wildman–Crippen MR) is 91.5 cm³/mol. The molecule has 0 atom stereocenters. The van der Waals surface area contributed by atoms with E-state index in [1.54, 1.807) is 25.1 Å². The fraction of sp³-hybridized carbons (Fsp3) is 0.0588. The van der Waals surface area contributed by atoms with Crippen molar-refractivity contribution >= 4 is 17.3 Å². The van der Waals surface area contributed by atoms with E-state index in [4.69, 9.17) is 0 Å². The first-order valence-electron chi connectivity index (χ1n) is 7.36. The Bertz CT molecular complexity index is 948. The number of hydrogen-bond donors (Lipinski definition) is 3. The summed E-state index contributed by atoms with van der Waals surface area (Å²) >= 11 is 0. The lowest BCUT2D eigenvalue weighted by Gasteiger charge is -2.03. The van der Waals surface area contributed by atoms with Gasteiger partial charge in [-0.1, -0.05) is 12.1 Å². The zero-order valence-electron chi connectivity index (χ0n) is 13.2. The molecule has 0 saturated heterocycles. The van der Waals surface area contributed by atoms with Crippen LogP contribution in [0, 0.1) is 17.0 Å². The fourth-order valence-corrected chi connectivity index (χ4v) is 2.31. The van der Waals surface area contributed by atoms with E-state index in [2.05, 4.69) is 15.5 Å². The van der Waals surface area contributed by atoms with Gasteiger partial charge < -0.3 is 10.4 Å². The summed E-state index contributed by atoms with van der Waals surface area (Å²) in [5.41, 5.74) is 2.23. The summed E-state index contributed by atoms with van der Waals surface area (Å²) in [4.78, 5) is 22.4. The van der Waals surface area contributed by atoms with Crippen LogP contribution in [-0.2, 0) is 0 Å². The predicted octanol–water partition coefficient (Wildman–Crippen LogP) is 3.25. The highest BCUT2D eigenvalue weighted by Crippen LogP contribution is 2.30. The second kappa shape index (κ2) is 6.44. The van der Waals surface area contributed by atoms with Crippen LogP contribution in [0.15, 0.2) is 48.5 Å². The third kappa shape index (κ3) is 3.32. The molecule has 0 spiro atoms. The number of nitrogens with one attached hydrogen (secondary N) is 2. The van der Waals surface area contributed by atoms with Gasteiger partial charge in [0.25, 0.3) is 11.6 Å². The monoisotopic (exact) mass is 338 g/mol. The molecular weight excluding hydrogens is 324 g/mol. The largest absolute Gasteiger partial charge is 0.507 e. The van der Waals surface area contributed by atoms with Gasteiger partial charge in [-0.3, -0.25) is 20.0 Å². The number of hydrogen-bond acceptors (Lipinski definition) is 5. The molecule has 0 unspecified atom stereocenters. The maximum Gasteiger partial charge on any atom is 0.273 e. The fourth-order valence-electron chi connectivity index (χ4n) is 2.31. The lowest BCUT2D eigenvalue weighted by molar-refractivity contribution is -0.384. The van der Waals surface area contributed by atoms with Crippen LogP contribution in [0.25, 0.3) is 11.3 Å². The summed E-state index contributed by atoms with van der Waals surface area (Å²) < 4.78 is 0. The number of amides is 1. The minimum absolute atomic E-state index is 0.0586. The van der Waals surface area contributed by atoms with Crippen molar-refractivity contribution in [2.75, 3.05) is 5.32 Å². The number of H-pyrrole nitrogens is 1. The molecule has 0 radical (unpaired) electrons. The van der Waals surface area contributed by atoms with Crippen molar-refractivity contribution in [3.63, 3.8) is 0 Å². The highest BCUT2D eigenvalue weighted by Gasteiger charge is 2.14. The Labute approximate surface area is 142 Å². The van der Waals surface area contributed by atoms with Crippen LogP contribution in [0.2, 0.25) is 0 Å². The summed E-state index contributed by atoms with van der Waals surface area (Å²) in [5.74, 6) is -0.337. The number of carbonyl (C=O) groups is 1. The van der Waals surface area contributed by atoms with Crippen molar-refractivity contribution in [1.82, 2.24) is 10.2 Å². The molecule has 8 nitrogen and oxygen atoms in total. The minimum Gasteiger partial charge on any atom is -0.507 e. The quantitative estimate of drug-likeness (QED) is 0.498. The van der Waals surface area contributed by atoms with Crippen LogP contribution in [0.4, 0.5) is 11.4 Å².